The van der Waals surface area contributed by atoms with E-state index in [-0.39, 0.29) is 5.91 Å². The lowest BCUT2D eigenvalue weighted by atomic mass is 9.53. The molecule has 3 nitrogen and oxygen atoms in total. The summed E-state index contributed by atoms with van der Waals surface area (Å²) < 4.78 is 0. The monoisotopic (exact) mass is 298 g/mol. The van der Waals surface area contributed by atoms with Crippen molar-refractivity contribution < 1.29 is 4.79 Å². The molecule has 2 N–H and O–H groups in total. The summed E-state index contributed by atoms with van der Waals surface area (Å²) in [6.45, 7) is 2.50. The summed E-state index contributed by atoms with van der Waals surface area (Å²) in [5.74, 6) is 2.95. The minimum absolute atomic E-state index is 0.0144. The average molecular weight is 298 g/mol. The number of amides is 1. The molecule has 1 aromatic rings. The zero-order chi connectivity index (χ0) is 15.2. The van der Waals surface area contributed by atoms with Crippen molar-refractivity contribution >= 4 is 11.6 Å². The second-order valence-electron chi connectivity index (χ2n) is 7.93. The average Bonchev–Trinajstić information content (AvgIpc) is 2.44. The minimum Gasteiger partial charge on any atom is -0.326 e. The molecule has 4 saturated carbocycles. The van der Waals surface area contributed by atoms with E-state index in [4.69, 9.17) is 0 Å². The van der Waals surface area contributed by atoms with E-state index in [1.54, 1.807) is 6.92 Å². The molecule has 0 saturated heterocycles. The van der Waals surface area contributed by atoms with Gasteiger partial charge in [-0.05, 0) is 74.0 Å². The molecule has 3 heteroatoms. The number of hydrogen-bond donors (Lipinski definition) is 2. The maximum Gasteiger partial charge on any atom is 0.221 e. The van der Waals surface area contributed by atoms with Crippen LogP contribution in [0.5, 0.6) is 0 Å². The molecule has 0 aliphatic heterocycles. The van der Waals surface area contributed by atoms with E-state index in [9.17, 15) is 4.79 Å². The molecule has 0 heterocycles. The standard InChI is InChI=1S/C19H26N2O/c1-13(22)21-18-4-2-14(3-5-18)12-20-19-9-15-6-16(10-19)8-17(7-15)11-19/h2-5,15-17,20H,6-12H2,1H3,(H,21,22). The zero-order valence-corrected chi connectivity index (χ0v) is 13.4. The fraction of sp³-hybridized carbons (Fsp3) is 0.632. The molecule has 1 amide bonds. The first-order chi connectivity index (χ1) is 10.6. The van der Waals surface area contributed by atoms with Crippen LogP contribution in [0.1, 0.15) is 51.0 Å². The largest absolute Gasteiger partial charge is 0.326 e. The number of carbonyl (C=O) groups is 1. The van der Waals surface area contributed by atoms with Crippen molar-refractivity contribution in [1.82, 2.24) is 5.32 Å². The Morgan fingerprint density at radius 3 is 2.09 bits per heavy atom. The Kier molecular flexibility index (Phi) is 3.48. The number of anilines is 1. The Labute approximate surface area is 132 Å². The van der Waals surface area contributed by atoms with E-state index in [1.807, 2.05) is 12.1 Å². The van der Waals surface area contributed by atoms with Gasteiger partial charge in [-0.3, -0.25) is 4.79 Å². The number of nitrogens with one attached hydrogen (secondary N) is 2. The smallest absolute Gasteiger partial charge is 0.221 e. The second kappa shape index (κ2) is 5.38. The van der Waals surface area contributed by atoms with E-state index in [2.05, 4.69) is 22.8 Å². The number of rotatable bonds is 4. The fourth-order valence-corrected chi connectivity index (χ4v) is 5.53. The van der Waals surface area contributed by atoms with Gasteiger partial charge in [0.05, 0.1) is 0 Å². The topological polar surface area (TPSA) is 41.1 Å². The molecule has 4 aliphatic rings. The van der Waals surface area contributed by atoms with E-state index in [0.717, 1.165) is 30.0 Å². The lowest BCUT2D eigenvalue weighted by Gasteiger charge is -2.57. The van der Waals surface area contributed by atoms with Gasteiger partial charge in [-0.2, -0.15) is 0 Å². The van der Waals surface area contributed by atoms with E-state index in [1.165, 1.54) is 44.1 Å². The van der Waals surface area contributed by atoms with Gasteiger partial charge < -0.3 is 10.6 Å². The summed E-state index contributed by atoms with van der Waals surface area (Å²) >= 11 is 0. The minimum atomic E-state index is -0.0144. The molecule has 0 unspecified atom stereocenters. The Morgan fingerprint density at radius 1 is 1.05 bits per heavy atom. The van der Waals surface area contributed by atoms with Gasteiger partial charge in [-0.1, -0.05) is 12.1 Å². The Morgan fingerprint density at radius 2 is 1.59 bits per heavy atom. The highest BCUT2D eigenvalue weighted by molar-refractivity contribution is 5.88. The number of benzene rings is 1. The van der Waals surface area contributed by atoms with Crippen molar-refractivity contribution in [3.8, 4) is 0 Å². The maximum atomic E-state index is 11.1. The van der Waals surface area contributed by atoms with Crippen LogP contribution in [0.2, 0.25) is 0 Å². The highest BCUT2D eigenvalue weighted by Gasteiger charge is 2.50. The van der Waals surface area contributed by atoms with Crippen LogP contribution >= 0.6 is 0 Å². The Balaban J connectivity index is 1.39. The SMILES string of the molecule is CC(=O)Nc1ccc(CNC23CC4CC(CC(C4)C2)C3)cc1. The van der Waals surface area contributed by atoms with Crippen molar-refractivity contribution in [1.29, 1.82) is 0 Å². The van der Waals surface area contributed by atoms with Crippen molar-refractivity contribution in [3.63, 3.8) is 0 Å². The molecular formula is C19H26N2O. The Bertz CT molecular complexity index is 528. The van der Waals surface area contributed by atoms with Crippen molar-refractivity contribution in [2.75, 3.05) is 5.32 Å². The molecule has 22 heavy (non-hydrogen) atoms. The highest BCUT2D eigenvalue weighted by Crippen LogP contribution is 2.55. The van der Waals surface area contributed by atoms with Crippen LogP contribution in [0.3, 0.4) is 0 Å². The predicted molar refractivity (Wildman–Crippen MR) is 88.5 cm³/mol. The zero-order valence-electron chi connectivity index (χ0n) is 13.4. The lowest BCUT2D eigenvalue weighted by molar-refractivity contribution is -0.114. The molecule has 4 aliphatic carbocycles. The van der Waals surface area contributed by atoms with Gasteiger partial charge in [-0.25, -0.2) is 0 Å². The van der Waals surface area contributed by atoms with Crippen LogP contribution in [-0.2, 0) is 11.3 Å². The molecule has 0 atom stereocenters. The summed E-state index contributed by atoms with van der Waals surface area (Å²) in [6, 6.07) is 8.24. The van der Waals surface area contributed by atoms with Crippen LogP contribution in [0.4, 0.5) is 5.69 Å². The van der Waals surface area contributed by atoms with Crippen molar-refractivity contribution in [3.05, 3.63) is 29.8 Å². The molecule has 118 valence electrons. The van der Waals surface area contributed by atoms with Crippen LogP contribution in [0.15, 0.2) is 24.3 Å². The normalized spacial score (nSPS) is 35.6. The van der Waals surface area contributed by atoms with Crippen molar-refractivity contribution in [2.24, 2.45) is 17.8 Å². The number of hydrogen-bond acceptors (Lipinski definition) is 2. The van der Waals surface area contributed by atoms with Gasteiger partial charge in [0.15, 0.2) is 0 Å². The first-order valence-corrected chi connectivity index (χ1v) is 8.72. The maximum absolute atomic E-state index is 11.1. The first-order valence-electron chi connectivity index (χ1n) is 8.72. The molecule has 4 fully saturated rings. The molecular weight excluding hydrogens is 272 g/mol. The van der Waals surface area contributed by atoms with Gasteiger partial charge in [0, 0.05) is 24.7 Å². The van der Waals surface area contributed by atoms with Gasteiger partial charge in [0.2, 0.25) is 5.91 Å². The van der Waals surface area contributed by atoms with Gasteiger partial charge in [0.1, 0.15) is 0 Å². The molecule has 5 rings (SSSR count). The number of carbonyl (C=O) groups excluding carboxylic acids is 1. The van der Waals surface area contributed by atoms with Crippen LogP contribution < -0.4 is 10.6 Å². The second-order valence-corrected chi connectivity index (χ2v) is 7.93. The summed E-state index contributed by atoms with van der Waals surface area (Å²) in [5, 5.41) is 6.74. The fourth-order valence-electron chi connectivity index (χ4n) is 5.53. The summed E-state index contributed by atoms with van der Waals surface area (Å²) in [4.78, 5) is 11.1. The van der Waals surface area contributed by atoms with Crippen LogP contribution in [-0.4, -0.2) is 11.4 Å². The molecule has 1 aromatic carbocycles. The van der Waals surface area contributed by atoms with Gasteiger partial charge in [0.25, 0.3) is 0 Å². The molecule has 0 aromatic heterocycles. The van der Waals surface area contributed by atoms with Gasteiger partial charge in [-0.15, -0.1) is 0 Å². The molecule has 4 bridgehead atoms. The van der Waals surface area contributed by atoms with E-state index < -0.39 is 0 Å². The van der Waals surface area contributed by atoms with E-state index in [0.29, 0.717) is 5.54 Å². The third-order valence-corrected chi connectivity index (χ3v) is 5.98. The summed E-state index contributed by atoms with van der Waals surface area (Å²) in [7, 11) is 0. The summed E-state index contributed by atoms with van der Waals surface area (Å²) in [5.41, 5.74) is 2.61. The molecule has 0 spiro atoms. The first kappa shape index (κ1) is 14.3. The molecule has 0 radical (unpaired) electrons. The van der Waals surface area contributed by atoms with Crippen LogP contribution in [0, 0.1) is 17.8 Å². The summed E-state index contributed by atoms with van der Waals surface area (Å²) in [6.07, 6.45) is 8.65. The highest BCUT2D eigenvalue weighted by atomic mass is 16.1. The van der Waals surface area contributed by atoms with Crippen LogP contribution in [0.25, 0.3) is 0 Å². The third kappa shape index (κ3) is 2.79. The van der Waals surface area contributed by atoms with E-state index >= 15 is 0 Å². The predicted octanol–water partition coefficient (Wildman–Crippen LogP) is 3.70. The third-order valence-electron chi connectivity index (χ3n) is 5.98. The van der Waals surface area contributed by atoms with Crippen molar-refractivity contribution in [2.45, 2.75) is 57.5 Å². The quantitative estimate of drug-likeness (QED) is 0.890. The van der Waals surface area contributed by atoms with Gasteiger partial charge >= 0.3 is 0 Å². The Hall–Kier alpha value is -1.35. The lowest BCUT2D eigenvalue weighted by Crippen LogP contribution is -2.58.